The number of ether oxygens (including phenoxy) is 2. The molecule has 0 saturated carbocycles. The van der Waals surface area contributed by atoms with Crippen molar-refractivity contribution < 1.29 is 19.5 Å². The number of nitrogens with zero attached hydrogens (tertiary/aromatic N) is 1. The average Bonchev–Trinajstić information content (AvgIpc) is 2.49. The van der Waals surface area contributed by atoms with Crippen LogP contribution in [0.1, 0.15) is 11.1 Å². The number of hydrogen-bond acceptors (Lipinski definition) is 6. The second-order valence-electron chi connectivity index (χ2n) is 4.22. The van der Waals surface area contributed by atoms with E-state index in [1.807, 2.05) is 6.07 Å². The maximum absolute atomic E-state index is 10.5. The summed E-state index contributed by atoms with van der Waals surface area (Å²) < 4.78 is 10.2. The Labute approximate surface area is 122 Å². The van der Waals surface area contributed by atoms with Crippen LogP contribution in [0.2, 0.25) is 0 Å². The standard InChI is InChI=1S/C13H20N4O4/c1-20-11-6-9(2-3-10(11)13(15)17-19)7-16-4-5-21-8-12(14)18/h2-3,6,16,19H,4-5,7-8H2,1H3,(H2,14,18)(H2,15,17). The maximum Gasteiger partial charge on any atom is 0.243 e. The SMILES string of the molecule is COc1cc(CNCCOCC(N)=O)ccc1/C(N)=N/O. The highest BCUT2D eigenvalue weighted by molar-refractivity contribution is 5.99. The Morgan fingerprint density at radius 3 is 2.81 bits per heavy atom. The normalized spacial score (nSPS) is 11.4. The minimum absolute atomic E-state index is 0.00814. The van der Waals surface area contributed by atoms with E-state index in [2.05, 4.69) is 10.5 Å². The van der Waals surface area contributed by atoms with Gasteiger partial charge in [0.1, 0.15) is 12.4 Å². The smallest absolute Gasteiger partial charge is 0.243 e. The lowest BCUT2D eigenvalue weighted by atomic mass is 10.1. The van der Waals surface area contributed by atoms with Gasteiger partial charge in [-0.1, -0.05) is 11.2 Å². The lowest BCUT2D eigenvalue weighted by molar-refractivity contribution is -0.122. The van der Waals surface area contributed by atoms with E-state index < -0.39 is 5.91 Å². The van der Waals surface area contributed by atoms with Crippen LogP contribution >= 0.6 is 0 Å². The predicted molar refractivity (Wildman–Crippen MR) is 77.2 cm³/mol. The van der Waals surface area contributed by atoms with Gasteiger partial charge in [0.15, 0.2) is 5.84 Å². The molecule has 0 aliphatic carbocycles. The minimum Gasteiger partial charge on any atom is -0.496 e. The maximum atomic E-state index is 10.5. The summed E-state index contributed by atoms with van der Waals surface area (Å²) in [5.74, 6) is 0.0271. The number of nitrogens with one attached hydrogen (secondary N) is 1. The number of rotatable bonds is 9. The largest absolute Gasteiger partial charge is 0.496 e. The van der Waals surface area contributed by atoms with Gasteiger partial charge in [-0.25, -0.2) is 0 Å². The molecule has 0 spiro atoms. The number of carbonyl (C=O) groups is 1. The van der Waals surface area contributed by atoms with E-state index in [1.165, 1.54) is 7.11 Å². The fourth-order valence-electron chi connectivity index (χ4n) is 1.66. The van der Waals surface area contributed by atoms with Crippen LogP contribution < -0.4 is 21.5 Å². The van der Waals surface area contributed by atoms with E-state index >= 15 is 0 Å². The van der Waals surface area contributed by atoms with Crippen LogP contribution in [-0.2, 0) is 16.1 Å². The fraction of sp³-hybridized carbons (Fsp3) is 0.385. The summed E-state index contributed by atoms with van der Waals surface area (Å²) in [7, 11) is 1.51. The third kappa shape index (κ3) is 5.67. The van der Waals surface area contributed by atoms with Crippen LogP contribution in [-0.4, -0.2) is 43.8 Å². The first kappa shape index (κ1) is 16.7. The topological polar surface area (TPSA) is 132 Å². The molecule has 0 radical (unpaired) electrons. The summed E-state index contributed by atoms with van der Waals surface area (Å²) >= 11 is 0. The first-order valence-corrected chi connectivity index (χ1v) is 6.30. The molecule has 6 N–H and O–H groups in total. The zero-order valence-electron chi connectivity index (χ0n) is 11.8. The van der Waals surface area contributed by atoms with Gasteiger partial charge in [-0.2, -0.15) is 0 Å². The summed E-state index contributed by atoms with van der Waals surface area (Å²) in [5, 5.41) is 14.8. The lowest BCUT2D eigenvalue weighted by Crippen LogP contribution is -2.23. The molecule has 0 aromatic heterocycles. The second kappa shape index (κ2) is 8.77. The molecule has 1 amide bonds. The van der Waals surface area contributed by atoms with Crippen molar-refractivity contribution in [1.82, 2.24) is 5.32 Å². The molecule has 0 aliphatic heterocycles. The molecule has 0 atom stereocenters. The van der Waals surface area contributed by atoms with Crippen LogP contribution in [0.5, 0.6) is 5.75 Å². The second-order valence-corrected chi connectivity index (χ2v) is 4.22. The quantitative estimate of drug-likeness (QED) is 0.158. The van der Waals surface area contributed by atoms with Gasteiger partial charge in [-0.05, 0) is 17.7 Å². The number of amidine groups is 1. The van der Waals surface area contributed by atoms with Gasteiger partial charge >= 0.3 is 0 Å². The van der Waals surface area contributed by atoms with Crippen molar-refractivity contribution in [3.05, 3.63) is 29.3 Å². The Bertz CT molecular complexity index is 505. The number of benzene rings is 1. The molecule has 0 heterocycles. The van der Waals surface area contributed by atoms with Crippen LogP contribution in [0.4, 0.5) is 0 Å². The number of primary amides is 1. The van der Waals surface area contributed by atoms with Crippen molar-refractivity contribution in [3.63, 3.8) is 0 Å². The van der Waals surface area contributed by atoms with Crippen molar-refractivity contribution in [1.29, 1.82) is 0 Å². The zero-order valence-corrected chi connectivity index (χ0v) is 11.8. The number of nitrogens with two attached hydrogens (primary N) is 2. The lowest BCUT2D eigenvalue weighted by Gasteiger charge is -2.10. The van der Waals surface area contributed by atoms with Gasteiger partial charge < -0.3 is 31.5 Å². The van der Waals surface area contributed by atoms with Crippen LogP contribution in [0.3, 0.4) is 0 Å². The fourth-order valence-corrected chi connectivity index (χ4v) is 1.66. The summed E-state index contributed by atoms with van der Waals surface area (Å²) in [5.41, 5.74) is 12.0. The molecule has 0 bridgehead atoms. The third-order valence-corrected chi connectivity index (χ3v) is 2.65. The van der Waals surface area contributed by atoms with E-state index in [9.17, 15) is 4.79 Å². The van der Waals surface area contributed by atoms with Gasteiger partial charge in [0.25, 0.3) is 0 Å². The molecule has 0 saturated heterocycles. The van der Waals surface area contributed by atoms with E-state index in [1.54, 1.807) is 12.1 Å². The molecule has 0 aliphatic rings. The molecule has 1 aromatic rings. The van der Waals surface area contributed by atoms with Crippen molar-refractivity contribution in [3.8, 4) is 5.75 Å². The molecular weight excluding hydrogens is 276 g/mol. The number of hydrogen-bond donors (Lipinski definition) is 4. The molecule has 116 valence electrons. The molecule has 8 heteroatoms. The Hall–Kier alpha value is -2.32. The van der Waals surface area contributed by atoms with Crippen molar-refractivity contribution in [2.45, 2.75) is 6.54 Å². The summed E-state index contributed by atoms with van der Waals surface area (Å²) in [4.78, 5) is 10.5. The molecule has 0 fully saturated rings. The minimum atomic E-state index is -0.488. The number of amides is 1. The number of carbonyl (C=O) groups excluding carboxylic acids is 1. The van der Waals surface area contributed by atoms with E-state index in [0.29, 0.717) is 31.0 Å². The van der Waals surface area contributed by atoms with Crippen LogP contribution in [0.15, 0.2) is 23.4 Å². The van der Waals surface area contributed by atoms with Gasteiger partial charge in [-0.3, -0.25) is 4.79 Å². The monoisotopic (exact) mass is 296 g/mol. The Morgan fingerprint density at radius 1 is 1.43 bits per heavy atom. The Balaban J connectivity index is 2.48. The average molecular weight is 296 g/mol. The van der Waals surface area contributed by atoms with Crippen molar-refractivity contribution >= 4 is 11.7 Å². The Kier molecular flexibility index (Phi) is 6.99. The Morgan fingerprint density at radius 2 is 2.19 bits per heavy atom. The number of oxime groups is 1. The number of methoxy groups -OCH3 is 1. The van der Waals surface area contributed by atoms with Gasteiger partial charge in [0.05, 0.1) is 19.3 Å². The van der Waals surface area contributed by atoms with Crippen molar-refractivity contribution in [2.75, 3.05) is 26.9 Å². The molecule has 1 aromatic carbocycles. The zero-order chi connectivity index (χ0) is 15.7. The molecular formula is C13H20N4O4. The highest BCUT2D eigenvalue weighted by Crippen LogP contribution is 2.19. The van der Waals surface area contributed by atoms with E-state index in [-0.39, 0.29) is 12.4 Å². The molecule has 8 nitrogen and oxygen atoms in total. The van der Waals surface area contributed by atoms with Gasteiger partial charge in [0.2, 0.25) is 5.91 Å². The highest BCUT2D eigenvalue weighted by Gasteiger charge is 2.08. The van der Waals surface area contributed by atoms with Crippen LogP contribution in [0.25, 0.3) is 0 Å². The molecule has 0 unspecified atom stereocenters. The summed E-state index contributed by atoms with van der Waals surface area (Å²) in [6.45, 7) is 1.48. The third-order valence-electron chi connectivity index (χ3n) is 2.65. The summed E-state index contributed by atoms with van der Waals surface area (Å²) in [6, 6.07) is 5.35. The predicted octanol–water partition coefficient (Wildman–Crippen LogP) is -0.619. The van der Waals surface area contributed by atoms with E-state index in [0.717, 1.165) is 5.56 Å². The molecule has 1 rings (SSSR count). The van der Waals surface area contributed by atoms with Gasteiger partial charge in [-0.15, -0.1) is 0 Å². The highest BCUT2D eigenvalue weighted by atomic mass is 16.5. The van der Waals surface area contributed by atoms with Crippen LogP contribution in [0, 0.1) is 0 Å². The first-order valence-electron chi connectivity index (χ1n) is 6.30. The summed E-state index contributed by atoms with van der Waals surface area (Å²) in [6.07, 6.45) is 0. The van der Waals surface area contributed by atoms with Crippen molar-refractivity contribution in [2.24, 2.45) is 16.6 Å². The first-order chi connectivity index (χ1) is 10.1. The van der Waals surface area contributed by atoms with E-state index in [4.69, 9.17) is 26.1 Å². The molecule has 21 heavy (non-hydrogen) atoms. The van der Waals surface area contributed by atoms with Gasteiger partial charge in [0, 0.05) is 13.1 Å².